The zero-order valence-electron chi connectivity index (χ0n) is 11.2. The van der Waals surface area contributed by atoms with Crippen LogP contribution in [0.15, 0.2) is 29.2 Å². The first-order valence-electron chi connectivity index (χ1n) is 6.12. The molecule has 8 nitrogen and oxygen atoms in total. The molecule has 0 unspecified atom stereocenters. The van der Waals surface area contributed by atoms with E-state index in [0.717, 1.165) is 18.7 Å². The molecule has 0 saturated heterocycles. The molecular formula is C11H16N6O2S. The molecule has 0 fully saturated rings. The molecule has 2 N–H and O–H groups in total. The average Bonchev–Trinajstić information content (AvgIpc) is 2.81. The Bertz CT molecular complexity index is 664. The molecular weight excluding hydrogens is 280 g/mol. The van der Waals surface area contributed by atoms with E-state index in [-0.39, 0.29) is 10.8 Å². The van der Waals surface area contributed by atoms with Crippen LogP contribution in [-0.2, 0) is 17.1 Å². The van der Waals surface area contributed by atoms with E-state index in [1.807, 2.05) is 0 Å². The first-order chi connectivity index (χ1) is 9.51. The van der Waals surface area contributed by atoms with Gasteiger partial charge in [-0.3, -0.25) is 0 Å². The number of nitrogens with zero attached hydrogens (tertiary/aromatic N) is 4. The molecule has 0 spiro atoms. The molecule has 0 radical (unpaired) electrons. The number of anilines is 2. The highest BCUT2D eigenvalue weighted by Crippen LogP contribution is 2.16. The van der Waals surface area contributed by atoms with Gasteiger partial charge in [0.25, 0.3) is 16.0 Å². The topological polar surface area (TPSA) is 102 Å². The van der Waals surface area contributed by atoms with Gasteiger partial charge in [-0.25, -0.2) is 13.1 Å². The molecule has 0 aliphatic carbocycles. The van der Waals surface area contributed by atoms with Gasteiger partial charge in [0.2, 0.25) is 0 Å². The van der Waals surface area contributed by atoms with Crippen LogP contribution in [-0.4, -0.2) is 35.2 Å². The van der Waals surface area contributed by atoms with Crippen LogP contribution in [0.4, 0.5) is 11.6 Å². The van der Waals surface area contributed by atoms with E-state index in [0.29, 0.717) is 0 Å². The molecule has 20 heavy (non-hydrogen) atoms. The summed E-state index contributed by atoms with van der Waals surface area (Å²) in [6.45, 7) is 2.90. The maximum atomic E-state index is 12.1. The number of benzene rings is 1. The Morgan fingerprint density at radius 2 is 1.95 bits per heavy atom. The van der Waals surface area contributed by atoms with E-state index in [1.165, 1.54) is 16.9 Å². The summed E-state index contributed by atoms with van der Waals surface area (Å²) in [4.78, 5) is 1.32. The summed E-state index contributed by atoms with van der Waals surface area (Å²) in [6, 6.07) is 6.48. The summed E-state index contributed by atoms with van der Waals surface area (Å²) in [5, 5.41) is 14.1. The quantitative estimate of drug-likeness (QED) is 0.818. The van der Waals surface area contributed by atoms with Crippen molar-refractivity contribution in [2.24, 2.45) is 7.05 Å². The van der Waals surface area contributed by atoms with Crippen molar-refractivity contribution in [2.75, 3.05) is 16.6 Å². The molecule has 2 rings (SSSR count). The molecule has 108 valence electrons. The van der Waals surface area contributed by atoms with Crippen LogP contribution in [0.5, 0.6) is 0 Å². The normalized spacial score (nSPS) is 11.3. The lowest BCUT2D eigenvalue weighted by molar-refractivity contribution is 0.600. The molecule has 1 aromatic heterocycles. The van der Waals surface area contributed by atoms with Crippen molar-refractivity contribution < 1.29 is 8.42 Å². The van der Waals surface area contributed by atoms with Gasteiger partial charge >= 0.3 is 0 Å². The smallest absolute Gasteiger partial charge is 0.277 e. The fraction of sp³-hybridized carbons (Fsp3) is 0.364. The first-order valence-corrected chi connectivity index (χ1v) is 7.60. The summed E-state index contributed by atoms with van der Waals surface area (Å²) < 4.78 is 26.4. The fourth-order valence-corrected chi connectivity index (χ4v) is 2.46. The lowest BCUT2D eigenvalue weighted by Crippen LogP contribution is -2.14. The SMILES string of the molecule is CCCNc1ccc(S(=O)(=O)Nc2nnn(C)n2)cc1. The van der Waals surface area contributed by atoms with Gasteiger partial charge in [-0.2, -0.15) is 4.80 Å². The molecule has 1 aromatic carbocycles. The minimum atomic E-state index is -3.69. The van der Waals surface area contributed by atoms with E-state index < -0.39 is 10.0 Å². The molecule has 0 amide bonds. The lowest BCUT2D eigenvalue weighted by Gasteiger charge is -2.07. The van der Waals surface area contributed by atoms with E-state index >= 15 is 0 Å². The molecule has 9 heteroatoms. The molecule has 0 saturated carbocycles. The van der Waals surface area contributed by atoms with Crippen molar-refractivity contribution in [3.8, 4) is 0 Å². The number of rotatable bonds is 6. The Balaban J connectivity index is 2.13. The molecule has 0 aliphatic heterocycles. The van der Waals surface area contributed by atoms with Gasteiger partial charge < -0.3 is 5.32 Å². The predicted octanol–water partition coefficient (Wildman–Crippen LogP) is 0.833. The molecule has 0 bridgehead atoms. The summed E-state index contributed by atoms with van der Waals surface area (Å²) in [6.07, 6.45) is 1.000. The second-order valence-electron chi connectivity index (χ2n) is 4.16. The minimum Gasteiger partial charge on any atom is -0.385 e. The fourth-order valence-electron chi connectivity index (χ4n) is 1.53. The van der Waals surface area contributed by atoms with Gasteiger partial charge in [0.05, 0.1) is 11.9 Å². The van der Waals surface area contributed by atoms with Crippen LogP contribution >= 0.6 is 0 Å². The summed E-state index contributed by atoms with van der Waals surface area (Å²) in [5.74, 6) is -0.0549. The number of hydrogen-bond acceptors (Lipinski definition) is 6. The highest BCUT2D eigenvalue weighted by molar-refractivity contribution is 7.92. The third kappa shape index (κ3) is 3.44. The van der Waals surface area contributed by atoms with Crippen LogP contribution in [0.2, 0.25) is 0 Å². The number of sulfonamides is 1. The van der Waals surface area contributed by atoms with Crippen LogP contribution in [0.25, 0.3) is 0 Å². The van der Waals surface area contributed by atoms with Gasteiger partial charge in [-0.05, 0) is 35.9 Å². The van der Waals surface area contributed by atoms with Crippen molar-refractivity contribution in [3.63, 3.8) is 0 Å². The Kier molecular flexibility index (Phi) is 4.18. The van der Waals surface area contributed by atoms with Crippen molar-refractivity contribution >= 4 is 21.7 Å². The first kappa shape index (κ1) is 14.3. The largest absolute Gasteiger partial charge is 0.385 e. The highest BCUT2D eigenvalue weighted by Gasteiger charge is 2.16. The minimum absolute atomic E-state index is 0.0549. The van der Waals surface area contributed by atoms with Gasteiger partial charge in [0.15, 0.2) is 0 Å². The second-order valence-corrected chi connectivity index (χ2v) is 5.84. The van der Waals surface area contributed by atoms with Crippen LogP contribution in [0, 0.1) is 0 Å². The van der Waals surface area contributed by atoms with Gasteiger partial charge in [0.1, 0.15) is 0 Å². The zero-order valence-corrected chi connectivity index (χ0v) is 12.1. The van der Waals surface area contributed by atoms with Crippen LogP contribution in [0.1, 0.15) is 13.3 Å². The van der Waals surface area contributed by atoms with E-state index in [4.69, 9.17) is 0 Å². The zero-order chi connectivity index (χ0) is 14.6. The number of aryl methyl sites for hydroxylation is 1. The molecule has 0 atom stereocenters. The van der Waals surface area contributed by atoms with Crippen molar-refractivity contribution in [2.45, 2.75) is 18.2 Å². The van der Waals surface area contributed by atoms with Gasteiger partial charge in [-0.1, -0.05) is 12.0 Å². The number of tetrazole rings is 1. The summed E-state index contributed by atoms with van der Waals surface area (Å²) in [7, 11) is -2.14. The van der Waals surface area contributed by atoms with Crippen molar-refractivity contribution in [1.82, 2.24) is 20.2 Å². The average molecular weight is 296 g/mol. The second kappa shape index (κ2) is 5.87. The number of nitrogens with one attached hydrogen (secondary N) is 2. The van der Waals surface area contributed by atoms with E-state index in [2.05, 4.69) is 32.4 Å². The maximum Gasteiger partial charge on any atom is 0.277 e. The van der Waals surface area contributed by atoms with Gasteiger partial charge in [-0.15, -0.1) is 5.10 Å². The maximum absolute atomic E-state index is 12.1. The van der Waals surface area contributed by atoms with Crippen LogP contribution in [0.3, 0.4) is 0 Å². The van der Waals surface area contributed by atoms with E-state index in [9.17, 15) is 8.42 Å². The Morgan fingerprint density at radius 3 is 2.50 bits per heavy atom. The highest BCUT2D eigenvalue weighted by atomic mass is 32.2. The number of aromatic nitrogens is 4. The molecule has 1 heterocycles. The Labute approximate surface area is 117 Å². The summed E-state index contributed by atoms with van der Waals surface area (Å²) in [5.41, 5.74) is 0.878. The van der Waals surface area contributed by atoms with Crippen LogP contribution < -0.4 is 10.0 Å². The third-order valence-electron chi connectivity index (χ3n) is 2.48. The van der Waals surface area contributed by atoms with E-state index in [1.54, 1.807) is 19.2 Å². The standard InChI is InChI=1S/C11H16N6O2S/c1-3-8-12-9-4-6-10(7-5-9)20(18,19)15-11-13-16-17(2)14-11/h4-7,12H,3,8H2,1-2H3,(H,14,15). The van der Waals surface area contributed by atoms with Gasteiger partial charge in [0, 0.05) is 12.2 Å². The Morgan fingerprint density at radius 1 is 1.25 bits per heavy atom. The number of hydrogen-bond donors (Lipinski definition) is 2. The molecule has 2 aromatic rings. The van der Waals surface area contributed by atoms with Crippen molar-refractivity contribution in [1.29, 1.82) is 0 Å². The van der Waals surface area contributed by atoms with Crippen molar-refractivity contribution in [3.05, 3.63) is 24.3 Å². The predicted molar refractivity (Wildman–Crippen MR) is 74.8 cm³/mol. The summed E-state index contributed by atoms with van der Waals surface area (Å²) >= 11 is 0. The third-order valence-corrected chi connectivity index (χ3v) is 3.82. The molecule has 0 aliphatic rings. The lowest BCUT2D eigenvalue weighted by atomic mass is 10.3. The monoisotopic (exact) mass is 296 g/mol. The Hall–Kier alpha value is -2.16.